The summed E-state index contributed by atoms with van der Waals surface area (Å²) in [6.45, 7) is 2.06. The van der Waals surface area contributed by atoms with Crippen molar-refractivity contribution in [3.8, 4) is 11.5 Å². The summed E-state index contributed by atoms with van der Waals surface area (Å²) in [6.07, 6.45) is 1.58. The highest BCUT2D eigenvalue weighted by Gasteiger charge is 2.18. The highest BCUT2D eigenvalue weighted by Crippen LogP contribution is 2.34. The largest absolute Gasteiger partial charge is 0.467 e. The number of anilines is 1. The molecular formula is C23H22N2O6. The van der Waals surface area contributed by atoms with Crippen LogP contribution in [0.2, 0.25) is 0 Å². The highest BCUT2D eigenvalue weighted by molar-refractivity contribution is 5.96. The van der Waals surface area contributed by atoms with E-state index in [2.05, 4.69) is 10.6 Å². The summed E-state index contributed by atoms with van der Waals surface area (Å²) in [4.78, 5) is 24.8. The minimum absolute atomic E-state index is 0.188. The van der Waals surface area contributed by atoms with Gasteiger partial charge in [-0.3, -0.25) is 4.79 Å². The second kappa shape index (κ2) is 9.25. The SMILES string of the molecule is CC(NC(=O)COC(=O)c1ccccc1NCc1ccco1)c1ccc2c(c1)OCO2. The van der Waals surface area contributed by atoms with Crippen LogP contribution < -0.4 is 20.1 Å². The molecule has 0 radical (unpaired) electrons. The van der Waals surface area contributed by atoms with Crippen LogP contribution in [0, 0.1) is 0 Å². The fourth-order valence-electron chi connectivity index (χ4n) is 3.17. The molecule has 2 N–H and O–H groups in total. The van der Waals surface area contributed by atoms with Gasteiger partial charge < -0.3 is 29.3 Å². The molecular weight excluding hydrogens is 400 g/mol. The van der Waals surface area contributed by atoms with Crippen molar-refractivity contribution < 1.29 is 28.2 Å². The zero-order valence-corrected chi connectivity index (χ0v) is 16.9. The van der Waals surface area contributed by atoms with E-state index in [4.69, 9.17) is 18.6 Å². The van der Waals surface area contributed by atoms with Crippen molar-refractivity contribution in [2.24, 2.45) is 0 Å². The Hall–Kier alpha value is -3.94. The van der Waals surface area contributed by atoms with Crippen LogP contribution in [0.1, 0.15) is 34.6 Å². The predicted molar refractivity (Wildman–Crippen MR) is 112 cm³/mol. The number of carbonyl (C=O) groups is 2. The van der Waals surface area contributed by atoms with Crippen LogP contribution in [0.3, 0.4) is 0 Å². The first-order valence-electron chi connectivity index (χ1n) is 9.81. The average molecular weight is 422 g/mol. The molecule has 4 rings (SSSR count). The molecule has 3 aromatic rings. The highest BCUT2D eigenvalue weighted by atomic mass is 16.7. The maximum absolute atomic E-state index is 12.5. The number of nitrogens with one attached hydrogen (secondary N) is 2. The zero-order valence-electron chi connectivity index (χ0n) is 16.9. The van der Waals surface area contributed by atoms with Crippen molar-refractivity contribution in [2.75, 3.05) is 18.7 Å². The Kier molecular flexibility index (Phi) is 6.07. The molecule has 1 aromatic heterocycles. The van der Waals surface area contributed by atoms with E-state index in [1.165, 1.54) is 0 Å². The lowest BCUT2D eigenvalue weighted by Crippen LogP contribution is -2.31. The number of hydrogen-bond donors (Lipinski definition) is 2. The third kappa shape index (κ3) is 4.98. The van der Waals surface area contributed by atoms with Crippen LogP contribution >= 0.6 is 0 Å². The van der Waals surface area contributed by atoms with Gasteiger partial charge >= 0.3 is 5.97 Å². The molecule has 8 heteroatoms. The molecule has 1 unspecified atom stereocenters. The lowest BCUT2D eigenvalue weighted by Gasteiger charge is -2.15. The molecule has 0 saturated heterocycles. The average Bonchev–Trinajstić information content (AvgIpc) is 3.47. The molecule has 2 heterocycles. The Bertz CT molecular complexity index is 1060. The number of amides is 1. The molecule has 1 amide bonds. The summed E-state index contributed by atoms with van der Waals surface area (Å²) in [5.74, 6) is 1.06. The van der Waals surface area contributed by atoms with Gasteiger partial charge in [0.15, 0.2) is 18.1 Å². The monoisotopic (exact) mass is 422 g/mol. The van der Waals surface area contributed by atoms with E-state index in [0.29, 0.717) is 29.3 Å². The second-order valence-electron chi connectivity index (χ2n) is 6.96. The van der Waals surface area contributed by atoms with E-state index in [-0.39, 0.29) is 19.4 Å². The van der Waals surface area contributed by atoms with Crippen LogP contribution in [0.25, 0.3) is 0 Å². The molecule has 1 aliphatic heterocycles. The lowest BCUT2D eigenvalue weighted by atomic mass is 10.1. The summed E-state index contributed by atoms with van der Waals surface area (Å²) < 4.78 is 21.2. The predicted octanol–water partition coefficient (Wildman–Crippen LogP) is 3.65. The second-order valence-corrected chi connectivity index (χ2v) is 6.96. The summed E-state index contributed by atoms with van der Waals surface area (Å²) in [6, 6.07) is 15.8. The van der Waals surface area contributed by atoms with Gasteiger partial charge in [0.2, 0.25) is 6.79 Å². The smallest absolute Gasteiger partial charge is 0.340 e. The number of fused-ring (bicyclic) bond motifs is 1. The first kappa shape index (κ1) is 20.3. The van der Waals surface area contributed by atoms with E-state index in [1.54, 1.807) is 42.7 Å². The van der Waals surface area contributed by atoms with Gasteiger partial charge in [-0.05, 0) is 48.9 Å². The number of hydrogen-bond acceptors (Lipinski definition) is 7. The van der Waals surface area contributed by atoms with Crippen molar-refractivity contribution in [2.45, 2.75) is 19.5 Å². The maximum atomic E-state index is 12.5. The Morgan fingerprint density at radius 2 is 1.90 bits per heavy atom. The van der Waals surface area contributed by atoms with Gasteiger partial charge in [0.25, 0.3) is 5.91 Å². The van der Waals surface area contributed by atoms with Crippen molar-refractivity contribution in [1.82, 2.24) is 5.32 Å². The number of carbonyl (C=O) groups excluding carboxylic acids is 2. The Balaban J connectivity index is 1.30. The van der Waals surface area contributed by atoms with E-state index >= 15 is 0 Å². The Morgan fingerprint density at radius 1 is 1.06 bits per heavy atom. The molecule has 1 atom stereocenters. The third-order valence-electron chi connectivity index (χ3n) is 4.79. The van der Waals surface area contributed by atoms with Gasteiger partial charge in [-0.15, -0.1) is 0 Å². The molecule has 31 heavy (non-hydrogen) atoms. The topological polar surface area (TPSA) is 99.0 Å². The van der Waals surface area contributed by atoms with Crippen molar-refractivity contribution in [3.05, 3.63) is 77.7 Å². The van der Waals surface area contributed by atoms with Crippen LogP contribution in [-0.2, 0) is 16.1 Å². The van der Waals surface area contributed by atoms with Gasteiger partial charge in [0.05, 0.1) is 24.4 Å². The molecule has 160 valence electrons. The normalized spacial score (nSPS) is 12.8. The van der Waals surface area contributed by atoms with Crippen LogP contribution in [0.15, 0.2) is 65.3 Å². The fourth-order valence-corrected chi connectivity index (χ4v) is 3.17. The van der Waals surface area contributed by atoms with Crippen molar-refractivity contribution >= 4 is 17.6 Å². The summed E-state index contributed by atoms with van der Waals surface area (Å²) in [5.41, 5.74) is 1.79. The van der Waals surface area contributed by atoms with Crippen molar-refractivity contribution in [3.63, 3.8) is 0 Å². The number of para-hydroxylation sites is 1. The minimum Gasteiger partial charge on any atom is -0.467 e. The van der Waals surface area contributed by atoms with E-state index in [1.807, 2.05) is 25.1 Å². The number of benzene rings is 2. The van der Waals surface area contributed by atoms with Gasteiger partial charge in [0.1, 0.15) is 5.76 Å². The molecule has 0 bridgehead atoms. The van der Waals surface area contributed by atoms with E-state index in [0.717, 1.165) is 11.3 Å². The third-order valence-corrected chi connectivity index (χ3v) is 4.79. The molecule has 1 aliphatic rings. The number of ether oxygens (including phenoxy) is 3. The molecule has 2 aromatic carbocycles. The molecule has 0 saturated carbocycles. The van der Waals surface area contributed by atoms with Gasteiger partial charge in [-0.1, -0.05) is 18.2 Å². The lowest BCUT2D eigenvalue weighted by molar-refractivity contribution is -0.124. The van der Waals surface area contributed by atoms with Gasteiger partial charge in [-0.2, -0.15) is 0 Å². The first-order valence-corrected chi connectivity index (χ1v) is 9.81. The number of furan rings is 1. The van der Waals surface area contributed by atoms with E-state index < -0.39 is 11.9 Å². The summed E-state index contributed by atoms with van der Waals surface area (Å²) in [7, 11) is 0. The number of rotatable bonds is 8. The molecule has 0 spiro atoms. The van der Waals surface area contributed by atoms with Gasteiger partial charge in [0, 0.05) is 5.69 Å². The standard InChI is InChI=1S/C23H22N2O6/c1-15(16-8-9-20-21(11-16)31-14-30-20)25-22(26)13-29-23(27)18-6-2-3-7-19(18)24-12-17-5-4-10-28-17/h2-11,15,24H,12-14H2,1H3,(H,25,26). The molecule has 0 fully saturated rings. The van der Waals surface area contributed by atoms with Crippen LogP contribution in [-0.4, -0.2) is 25.3 Å². The fraction of sp³-hybridized carbons (Fsp3) is 0.217. The minimum atomic E-state index is -0.589. The molecule has 0 aliphatic carbocycles. The van der Waals surface area contributed by atoms with Crippen LogP contribution in [0.4, 0.5) is 5.69 Å². The Labute approximate surface area is 179 Å². The van der Waals surface area contributed by atoms with Crippen molar-refractivity contribution in [1.29, 1.82) is 0 Å². The molecule has 8 nitrogen and oxygen atoms in total. The Morgan fingerprint density at radius 3 is 2.74 bits per heavy atom. The zero-order chi connectivity index (χ0) is 21.6. The van der Waals surface area contributed by atoms with Gasteiger partial charge in [-0.25, -0.2) is 4.79 Å². The summed E-state index contributed by atoms with van der Waals surface area (Å²) >= 11 is 0. The quantitative estimate of drug-likeness (QED) is 0.535. The summed E-state index contributed by atoms with van der Waals surface area (Å²) in [5, 5.41) is 5.95. The van der Waals surface area contributed by atoms with Crippen LogP contribution in [0.5, 0.6) is 11.5 Å². The van der Waals surface area contributed by atoms with E-state index in [9.17, 15) is 9.59 Å². The first-order chi connectivity index (χ1) is 15.1. The maximum Gasteiger partial charge on any atom is 0.340 e. The number of esters is 1.